The molecule has 1 amide bonds. The molecule has 2 aliphatic rings. The number of carbonyl (C=O) groups is 1. The lowest BCUT2D eigenvalue weighted by atomic mass is 10.1. The van der Waals surface area contributed by atoms with E-state index < -0.39 is 4.87 Å². The number of nitrogens with zero attached hydrogens (tertiary/aromatic N) is 3. The number of amidine groups is 1. The number of β-amino-alcohol motifs (C(OH)–C–C–N with tert-alkyl or cyclic N) is 1. The zero-order chi connectivity index (χ0) is 20.4. The van der Waals surface area contributed by atoms with Crippen molar-refractivity contribution in [1.29, 1.82) is 0 Å². The van der Waals surface area contributed by atoms with Crippen LogP contribution in [0, 0.1) is 5.92 Å². The minimum absolute atomic E-state index is 0.0190. The third-order valence-corrected chi connectivity index (χ3v) is 6.41. The van der Waals surface area contributed by atoms with Crippen molar-refractivity contribution in [2.24, 2.45) is 10.9 Å². The van der Waals surface area contributed by atoms with Crippen LogP contribution in [0.5, 0.6) is 0 Å². The first-order valence-corrected chi connectivity index (χ1v) is 10.8. The third-order valence-electron chi connectivity index (χ3n) is 5.12. The minimum atomic E-state index is -0.948. The first-order valence-electron chi connectivity index (χ1n) is 9.95. The van der Waals surface area contributed by atoms with Crippen LogP contribution in [0.1, 0.15) is 25.8 Å². The summed E-state index contributed by atoms with van der Waals surface area (Å²) in [5, 5.41) is 12.0. The van der Waals surface area contributed by atoms with Crippen LogP contribution in [0.2, 0.25) is 0 Å². The molecule has 1 fully saturated rings. The molecular formula is C22H26N4O2S. The van der Waals surface area contributed by atoms with Crippen molar-refractivity contribution in [1.82, 2.24) is 10.4 Å². The molecule has 152 valence electrons. The Morgan fingerprint density at radius 2 is 1.83 bits per heavy atom. The van der Waals surface area contributed by atoms with Gasteiger partial charge >= 0.3 is 0 Å². The van der Waals surface area contributed by atoms with Gasteiger partial charge in [0, 0.05) is 12.1 Å². The third kappa shape index (κ3) is 3.66. The molecule has 2 aliphatic heterocycles. The lowest BCUT2D eigenvalue weighted by Crippen LogP contribution is -2.50. The molecule has 0 aromatic heterocycles. The summed E-state index contributed by atoms with van der Waals surface area (Å²) in [5.41, 5.74) is 6.08. The lowest BCUT2D eigenvalue weighted by Gasteiger charge is -2.24. The van der Waals surface area contributed by atoms with Crippen molar-refractivity contribution in [2.45, 2.75) is 25.1 Å². The first-order chi connectivity index (χ1) is 14.0. The van der Waals surface area contributed by atoms with Crippen molar-refractivity contribution < 1.29 is 9.90 Å². The lowest BCUT2D eigenvalue weighted by molar-refractivity contribution is -0.122. The summed E-state index contributed by atoms with van der Waals surface area (Å²) in [7, 11) is 0. The number of para-hydroxylation sites is 2. The molecule has 1 spiro atoms. The van der Waals surface area contributed by atoms with Crippen LogP contribution in [0.4, 0.5) is 11.4 Å². The van der Waals surface area contributed by atoms with Gasteiger partial charge in [-0.15, -0.1) is 0 Å². The normalized spacial score (nSPS) is 22.3. The Morgan fingerprint density at radius 3 is 2.55 bits per heavy atom. The number of fused-ring (bicyclic) bond motifs is 2. The van der Waals surface area contributed by atoms with Gasteiger partial charge in [-0.25, -0.2) is 10.4 Å². The Balaban J connectivity index is 1.73. The van der Waals surface area contributed by atoms with Crippen LogP contribution < -0.4 is 10.3 Å². The Hall–Kier alpha value is -2.35. The van der Waals surface area contributed by atoms with Crippen molar-refractivity contribution in [2.75, 3.05) is 24.6 Å². The van der Waals surface area contributed by atoms with E-state index in [1.807, 2.05) is 59.5 Å². The molecule has 0 saturated carbocycles. The van der Waals surface area contributed by atoms with Gasteiger partial charge in [-0.05, 0) is 42.3 Å². The molecule has 1 atom stereocenters. The number of rotatable bonds is 6. The van der Waals surface area contributed by atoms with E-state index in [4.69, 9.17) is 4.99 Å². The molecule has 2 aromatic rings. The van der Waals surface area contributed by atoms with E-state index in [0.717, 1.165) is 23.4 Å². The number of hydrogen-bond acceptors (Lipinski definition) is 5. The van der Waals surface area contributed by atoms with Crippen molar-refractivity contribution >= 4 is 34.2 Å². The van der Waals surface area contributed by atoms with Crippen LogP contribution in [0.3, 0.4) is 0 Å². The van der Waals surface area contributed by atoms with Gasteiger partial charge in [0.2, 0.25) is 0 Å². The summed E-state index contributed by atoms with van der Waals surface area (Å²) in [6.07, 6.45) is 0.937. The van der Waals surface area contributed by atoms with Gasteiger partial charge in [0.15, 0.2) is 10.0 Å². The van der Waals surface area contributed by atoms with Gasteiger partial charge in [0.05, 0.1) is 24.5 Å². The van der Waals surface area contributed by atoms with Crippen LogP contribution in [-0.2, 0) is 9.67 Å². The average Bonchev–Trinajstić information content (AvgIpc) is 3.18. The van der Waals surface area contributed by atoms with Gasteiger partial charge < -0.3 is 10.0 Å². The van der Waals surface area contributed by atoms with Gasteiger partial charge in [-0.3, -0.25) is 9.80 Å². The van der Waals surface area contributed by atoms with Gasteiger partial charge in [0.25, 0.3) is 5.91 Å². The summed E-state index contributed by atoms with van der Waals surface area (Å²) < 4.78 is 0. The molecule has 2 N–H and O–H groups in total. The Morgan fingerprint density at radius 1 is 1.10 bits per heavy atom. The van der Waals surface area contributed by atoms with E-state index in [9.17, 15) is 9.90 Å². The second-order valence-corrected chi connectivity index (χ2v) is 8.84. The van der Waals surface area contributed by atoms with Gasteiger partial charge in [0.1, 0.15) is 0 Å². The maximum atomic E-state index is 13.6. The summed E-state index contributed by atoms with van der Waals surface area (Å²) in [6, 6.07) is 17.6. The molecule has 2 heterocycles. The van der Waals surface area contributed by atoms with E-state index >= 15 is 0 Å². The van der Waals surface area contributed by atoms with E-state index in [0.29, 0.717) is 24.2 Å². The molecular weight excluding hydrogens is 384 g/mol. The standard InChI is InChI=1S/C22H26N4O2S/c1-16(2)12-13-25-19-11-7-6-10-18(19)22(20(25)28)24-26(14-15-27)21(29-22)23-17-8-4-3-5-9-17/h3-11,16,24,27H,12-15H2,1-2H3/t22-/m1/s1. The summed E-state index contributed by atoms with van der Waals surface area (Å²) in [4.78, 5) is 19.3. The predicted octanol–water partition coefficient (Wildman–Crippen LogP) is 3.47. The Labute approximate surface area is 175 Å². The number of hydrazine groups is 1. The first kappa shape index (κ1) is 19.9. The number of aliphatic hydroxyl groups excluding tert-OH is 1. The molecule has 6 nitrogen and oxygen atoms in total. The molecule has 1 saturated heterocycles. The highest BCUT2D eigenvalue weighted by Gasteiger charge is 2.57. The fraction of sp³-hybridized carbons (Fsp3) is 0.364. The Kier molecular flexibility index (Phi) is 5.63. The monoisotopic (exact) mass is 410 g/mol. The summed E-state index contributed by atoms with van der Waals surface area (Å²) in [5.74, 6) is 0.530. The highest BCUT2D eigenvalue weighted by molar-refractivity contribution is 8.15. The summed E-state index contributed by atoms with van der Waals surface area (Å²) in [6.45, 7) is 5.33. The van der Waals surface area contributed by atoms with E-state index in [2.05, 4.69) is 19.3 Å². The fourth-order valence-electron chi connectivity index (χ4n) is 3.64. The maximum absolute atomic E-state index is 13.6. The number of benzene rings is 2. The second kappa shape index (κ2) is 8.18. The number of aliphatic imine (C=N–C) groups is 1. The van der Waals surface area contributed by atoms with Crippen molar-refractivity contribution in [3.63, 3.8) is 0 Å². The van der Waals surface area contributed by atoms with Crippen LogP contribution in [-0.4, -0.2) is 40.9 Å². The van der Waals surface area contributed by atoms with Crippen molar-refractivity contribution in [3.8, 4) is 0 Å². The number of nitrogens with one attached hydrogen (secondary N) is 1. The Bertz CT molecular complexity index is 918. The molecule has 0 radical (unpaired) electrons. The van der Waals surface area contributed by atoms with Crippen LogP contribution in [0.15, 0.2) is 59.6 Å². The number of amides is 1. The van der Waals surface area contributed by atoms with Crippen molar-refractivity contribution in [3.05, 3.63) is 60.2 Å². The molecule has 4 rings (SSSR count). The number of aliphatic hydroxyl groups is 1. The molecule has 0 bridgehead atoms. The number of thioether (sulfide) groups is 1. The second-order valence-electron chi connectivity index (χ2n) is 7.66. The topological polar surface area (TPSA) is 68.2 Å². The smallest absolute Gasteiger partial charge is 0.264 e. The maximum Gasteiger partial charge on any atom is 0.264 e. The number of anilines is 1. The summed E-state index contributed by atoms with van der Waals surface area (Å²) >= 11 is 1.41. The van der Waals surface area contributed by atoms with Gasteiger partial charge in [-0.2, -0.15) is 0 Å². The molecule has 2 aromatic carbocycles. The SMILES string of the molecule is CC(C)CCN1C(=O)[C@@]2(NN(CCO)C(=Nc3ccccc3)S2)c2ccccc21. The molecule has 0 aliphatic carbocycles. The molecule has 7 heteroatoms. The number of hydrogen-bond donors (Lipinski definition) is 2. The van der Waals surface area contributed by atoms with Crippen LogP contribution >= 0.6 is 11.8 Å². The van der Waals surface area contributed by atoms with Crippen LogP contribution in [0.25, 0.3) is 0 Å². The zero-order valence-electron chi connectivity index (χ0n) is 16.7. The largest absolute Gasteiger partial charge is 0.394 e. The predicted molar refractivity (Wildman–Crippen MR) is 118 cm³/mol. The zero-order valence-corrected chi connectivity index (χ0v) is 17.5. The fourth-order valence-corrected chi connectivity index (χ4v) is 4.95. The highest BCUT2D eigenvalue weighted by atomic mass is 32.2. The number of carbonyl (C=O) groups excluding carboxylic acids is 1. The van der Waals surface area contributed by atoms with E-state index in [1.54, 1.807) is 5.01 Å². The molecule has 29 heavy (non-hydrogen) atoms. The quantitative estimate of drug-likeness (QED) is 0.763. The minimum Gasteiger partial charge on any atom is -0.394 e. The molecule has 0 unspecified atom stereocenters. The average molecular weight is 411 g/mol. The van der Waals surface area contributed by atoms with E-state index in [-0.39, 0.29) is 12.5 Å². The highest BCUT2D eigenvalue weighted by Crippen LogP contribution is 2.51. The van der Waals surface area contributed by atoms with Gasteiger partial charge in [-0.1, -0.05) is 50.2 Å². The van der Waals surface area contributed by atoms with E-state index in [1.165, 1.54) is 11.8 Å².